The highest BCUT2D eigenvalue weighted by Gasteiger charge is 2.37. The predicted octanol–water partition coefficient (Wildman–Crippen LogP) is 3.80. The Bertz CT molecular complexity index is 1430. The van der Waals surface area contributed by atoms with Crippen LogP contribution in [0.25, 0.3) is 0 Å². The van der Waals surface area contributed by atoms with Gasteiger partial charge in [-0.15, -0.1) is 0 Å². The molecule has 3 heterocycles. The van der Waals surface area contributed by atoms with Crippen LogP contribution in [0.15, 0.2) is 30.3 Å². The fraction of sp³-hybridized carbons (Fsp3) is 0.576. The van der Waals surface area contributed by atoms with Crippen molar-refractivity contribution in [2.75, 3.05) is 62.2 Å². The number of ether oxygens (including phenoxy) is 1. The van der Waals surface area contributed by atoms with Gasteiger partial charge in [0.15, 0.2) is 0 Å². The fourth-order valence-corrected chi connectivity index (χ4v) is 5.91. The minimum absolute atomic E-state index is 0.0935. The van der Waals surface area contributed by atoms with Crippen LogP contribution < -0.4 is 25.8 Å². The average molecular weight is 673 g/mol. The van der Waals surface area contributed by atoms with Crippen LogP contribution in [0, 0.1) is 23.2 Å². The second-order valence-electron chi connectivity index (χ2n) is 12.0. The van der Waals surface area contributed by atoms with Crippen molar-refractivity contribution in [2.24, 2.45) is 11.8 Å². The Hall–Kier alpha value is -4.61. The lowest BCUT2D eigenvalue weighted by molar-refractivity contribution is -0.145. The number of anilines is 2. The van der Waals surface area contributed by atoms with Crippen molar-refractivity contribution >= 4 is 29.5 Å². The van der Waals surface area contributed by atoms with Crippen LogP contribution in [0.2, 0.25) is 0 Å². The van der Waals surface area contributed by atoms with Crippen LogP contribution in [0.4, 0.5) is 29.6 Å². The standard InChI is InChI=1S/C33H43F3N8O4/c1-2-48-29(45)11-16-40-32(47)39-15-10-24-12-18-43(19-13-24)27-20-28(42-31(41-27)33(34,35)36)44-17-3-4-26(22-44)30(46)38-14-9-23-5-7-25(21-37)8-6-23/h5-8,20,24,26H,2-4,9-19,22H2,1H3,(H,38,46)(H2,39,40,47)/t26-/m1/s1. The van der Waals surface area contributed by atoms with Crippen LogP contribution in [-0.2, 0) is 26.9 Å². The number of halogens is 3. The lowest BCUT2D eigenvalue weighted by atomic mass is 9.93. The Labute approximate surface area is 278 Å². The molecule has 1 aromatic heterocycles. The van der Waals surface area contributed by atoms with Crippen LogP contribution in [0.3, 0.4) is 0 Å². The molecule has 1 atom stereocenters. The van der Waals surface area contributed by atoms with Gasteiger partial charge in [0.2, 0.25) is 11.7 Å². The van der Waals surface area contributed by atoms with E-state index in [9.17, 15) is 27.6 Å². The van der Waals surface area contributed by atoms with Crippen molar-refractivity contribution in [2.45, 2.75) is 58.0 Å². The fourth-order valence-electron chi connectivity index (χ4n) is 5.91. The number of nitrogens with zero attached hydrogens (tertiary/aromatic N) is 5. The van der Waals surface area contributed by atoms with Crippen molar-refractivity contribution in [3.8, 4) is 6.07 Å². The van der Waals surface area contributed by atoms with Gasteiger partial charge in [-0.2, -0.15) is 18.4 Å². The zero-order chi connectivity index (χ0) is 34.5. The second-order valence-corrected chi connectivity index (χ2v) is 12.0. The minimum atomic E-state index is -4.73. The van der Waals surface area contributed by atoms with Gasteiger partial charge in [-0.25, -0.2) is 14.8 Å². The zero-order valence-electron chi connectivity index (χ0n) is 27.2. The quantitative estimate of drug-likeness (QED) is 0.270. The number of carbonyl (C=O) groups is 3. The molecule has 0 unspecified atom stereocenters. The van der Waals surface area contributed by atoms with E-state index < -0.39 is 17.9 Å². The van der Waals surface area contributed by atoms with Crippen molar-refractivity contribution in [3.63, 3.8) is 0 Å². The minimum Gasteiger partial charge on any atom is -0.466 e. The highest BCUT2D eigenvalue weighted by molar-refractivity contribution is 5.79. The summed E-state index contributed by atoms with van der Waals surface area (Å²) in [6.07, 6.45) is -0.619. The molecule has 15 heteroatoms. The number of hydrogen-bond donors (Lipinski definition) is 3. The highest BCUT2D eigenvalue weighted by Crippen LogP contribution is 2.33. The molecular formula is C33H43F3N8O4. The van der Waals surface area contributed by atoms with Crippen molar-refractivity contribution in [1.29, 1.82) is 5.26 Å². The zero-order valence-corrected chi connectivity index (χ0v) is 27.2. The molecule has 0 aliphatic carbocycles. The summed E-state index contributed by atoms with van der Waals surface area (Å²) in [5.74, 6) is -1.48. The van der Waals surface area contributed by atoms with E-state index >= 15 is 0 Å². The molecule has 2 aliphatic heterocycles. The molecule has 260 valence electrons. The van der Waals surface area contributed by atoms with Crippen LogP contribution in [0.1, 0.15) is 62.4 Å². The number of hydrogen-bond acceptors (Lipinski definition) is 9. The molecule has 2 aliphatic rings. The van der Waals surface area contributed by atoms with E-state index in [1.54, 1.807) is 30.0 Å². The Morgan fingerprint density at radius 1 is 0.958 bits per heavy atom. The predicted molar refractivity (Wildman–Crippen MR) is 172 cm³/mol. The number of esters is 1. The third-order valence-corrected chi connectivity index (χ3v) is 8.56. The maximum Gasteiger partial charge on any atom is 0.451 e. The van der Waals surface area contributed by atoms with Gasteiger partial charge in [0.05, 0.1) is 30.6 Å². The van der Waals surface area contributed by atoms with Gasteiger partial charge in [0, 0.05) is 51.9 Å². The average Bonchev–Trinajstić information content (AvgIpc) is 3.08. The number of amides is 3. The largest absolute Gasteiger partial charge is 0.466 e. The third kappa shape index (κ3) is 11.0. The van der Waals surface area contributed by atoms with Crippen molar-refractivity contribution in [1.82, 2.24) is 25.9 Å². The molecule has 2 aromatic rings. The number of rotatable bonds is 13. The van der Waals surface area contributed by atoms with E-state index in [0.717, 1.165) is 18.4 Å². The molecule has 0 spiro atoms. The summed E-state index contributed by atoms with van der Waals surface area (Å²) in [7, 11) is 0. The summed E-state index contributed by atoms with van der Waals surface area (Å²) in [5.41, 5.74) is 1.55. The summed E-state index contributed by atoms with van der Waals surface area (Å²) in [4.78, 5) is 47.7. The lowest BCUT2D eigenvalue weighted by Crippen LogP contribution is -2.44. The summed E-state index contributed by atoms with van der Waals surface area (Å²) >= 11 is 0. The Balaban J connectivity index is 1.28. The molecule has 0 radical (unpaired) electrons. The summed E-state index contributed by atoms with van der Waals surface area (Å²) < 4.78 is 46.6. The number of nitriles is 1. The normalized spacial score (nSPS) is 16.9. The molecule has 2 fully saturated rings. The van der Waals surface area contributed by atoms with Gasteiger partial charge in [-0.3, -0.25) is 9.59 Å². The Kier molecular flexibility index (Phi) is 13.2. The Morgan fingerprint density at radius 3 is 2.31 bits per heavy atom. The molecule has 12 nitrogen and oxygen atoms in total. The highest BCUT2D eigenvalue weighted by atomic mass is 19.4. The number of aromatic nitrogens is 2. The first kappa shape index (κ1) is 36.2. The number of carbonyl (C=O) groups excluding carboxylic acids is 3. The molecule has 3 N–H and O–H groups in total. The second kappa shape index (κ2) is 17.5. The van der Waals surface area contributed by atoms with Crippen LogP contribution in [0.5, 0.6) is 0 Å². The van der Waals surface area contributed by atoms with Crippen LogP contribution >= 0.6 is 0 Å². The van der Waals surface area contributed by atoms with E-state index in [4.69, 9.17) is 10.00 Å². The molecule has 0 saturated carbocycles. The number of benzene rings is 1. The SMILES string of the molecule is CCOC(=O)CCNC(=O)NCCC1CCN(c2cc(N3CCC[C@@H](C(=O)NCCc4ccc(C#N)cc4)C3)nc(C(F)(F)F)n2)CC1. The summed E-state index contributed by atoms with van der Waals surface area (Å²) in [5, 5.41) is 17.3. The first-order valence-corrected chi connectivity index (χ1v) is 16.5. The third-order valence-electron chi connectivity index (χ3n) is 8.56. The molecule has 1 aromatic carbocycles. The van der Waals surface area contributed by atoms with E-state index in [1.165, 1.54) is 0 Å². The van der Waals surface area contributed by atoms with Gasteiger partial charge in [-0.1, -0.05) is 12.1 Å². The molecule has 4 rings (SSSR count). The van der Waals surface area contributed by atoms with Gasteiger partial charge < -0.3 is 30.5 Å². The number of piperidine rings is 2. The number of nitrogens with one attached hydrogen (secondary N) is 3. The monoisotopic (exact) mass is 672 g/mol. The summed E-state index contributed by atoms with van der Waals surface area (Å²) in [6.45, 7) is 4.77. The van der Waals surface area contributed by atoms with Gasteiger partial charge in [-0.05, 0) is 69.1 Å². The molecule has 48 heavy (non-hydrogen) atoms. The van der Waals surface area contributed by atoms with Gasteiger partial charge in [0.1, 0.15) is 11.6 Å². The molecule has 2 saturated heterocycles. The topological polar surface area (TPSA) is 153 Å². The van der Waals surface area contributed by atoms with Gasteiger partial charge in [0.25, 0.3) is 0 Å². The van der Waals surface area contributed by atoms with E-state index in [-0.39, 0.29) is 61.6 Å². The van der Waals surface area contributed by atoms with Crippen molar-refractivity contribution in [3.05, 3.63) is 47.3 Å². The maximum atomic E-state index is 13.9. The Morgan fingerprint density at radius 2 is 1.65 bits per heavy atom. The summed E-state index contributed by atoms with van der Waals surface area (Å²) in [6, 6.07) is 10.4. The maximum absolute atomic E-state index is 13.9. The lowest BCUT2D eigenvalue weighted by Gasteiger charge is -2.35. The smallest absolute Gasteiger partial charge is 0.451 e. The molecule has 3 amide bonds. The van der Waals surface area contributed by atoms with Crippen LogP contribution in [-0.4, -0.2) is 80.3 Å². The van der Waals surface area contributed by atoms with E-state index in [0.29, 0.717) is 64.0 Å². The van der Waals surface area contributed by atoms with E-state index in [1.807, 2.05) is 17.0 Å². The molecule has 0 bridgehead atoms. The van der Waals surface area contributed by atoms with Gasteiger partial charge >= 0.3 is 18.2 Å². The van der Waals surface area contributed by atoms with E-state index in [2.05, 4.69) is 32.0 Å². The first-order valence-electron chi connectivity index (χ1n) is 16.5. The van der Waals surface area contributed by atoms with Crippen molar-refractivity contribution < 1.29 is 32.3 Å². The number of alkyl halides is 3. The first-order chi connectivity index (χ1) is 23.0. The molecular weight excluding hydrogens is 629 g/mol. The number of urea groups is 1.